The molecule has 0 saturated heterocycles. The maximum absolute atomic E-state index is 6.00. The molecule has 1 aromatic rings. The maximum Gasteiger partial charge on any atom is 0.123 e. The zero-order valence-electron chi connectivity index (χ0n) is 13.6. The van der Waals surface area contributed by atoms with E-state index in [0.717, 1.165) is 45.0 Å². The van der Waals surface area contributed by atoms with Gasteiger partial charge in [0.1, 0.15) is 12.4 Å². The summed E-state index contributed by atoms with van der Waals surface area (Å²) < 4.78 is 6.00. The van der Waals surface area contributed by atoms with Crippen molar-refractivity contribution >= 4 is 0 Å². The second-order valence-electron chi connectivity index (χ2n) is 6.62. The fourth-order valence-electron chi connectivity index (χ4n) is 2.33. The predicted molar refractivity (Wildman–Crippen MR) is 88.7 cm³/mol. The smallest absolute Gasteiger partial charge is 0.123 e. The van der Waals surface area contributed by atoms with E-state index >= 15 is 0 Å². The molecule has 0 aromatic heterocycles. The largest absolute Gasteiger partial charge is 0.492 e. The summed E-state index contributed by atoms with van der Waals surface area (Å²) in [7, 11) is 0. The zero-order chi connectivity index (χ0) is 15.1. The van der Waals surface area contributed by atoms with Gasteiger partial charge in [-0.05, 0) is 33.3 Å². The highest BCUT2D eigenvalue weighted by Crippen LogP contribution is 2.18. The first-order chi connectivity index (χ1) is 10.0. The molecule has 0 atom stereocenters. The van der Waals surface area contributed by atoms with E-state index in [2.05, 4.69) is 61.3 Å². The molecule has 3 nitrogen and oxygen atoms in total. The van der Waals surface area contributed by atoms with Gasteiger partial charge in [0.15, 0.2) is 0 Å². The van der Waals surface area contributed by atoms with Crippen molar-refractivity contribution < 1.29 is 4.74 Å². The molecule has 0 amide bonds. The Hall–Kier alpha value is -1.32. The van der Waals surface area contributed by atoms with Crippen molar-refractivity contribution in [2.24, 2.45) is 0 Å². The molecule has 1 aliphatic heterocycles. The van der Waals surface area contributed by atoms with Gasteiger partial charge in [0, 0.05) is 37.3 Å². The average molecular weight is 288 g/mol. The highest BCUT2D eigenvalue weighted by molar-refractivity contribution is 5.33. The Morgan fingerprint density at radius 3 is 2.71 bits per heavy atom. The maximum atomic E-state index is 6.00. The molecule has 2 rings (SSSR count). The van der Waals surface area contributed by atoms with Crippen molar-refractivity contribution in [1.29, 1.82) is 0 Å². The van der Waals surface area contributed by atoms with Crippen LogP contribution in [-0.4, -0.2) is 36.7 Å². The minimum atomic E-state index is 0.118. The first-order valence-corrected chi connectivity index (χ1v) is 7.88. The highest BCUT2D eigenvalue weighted by Gasteiger charge is 2.11. The zero-order valence-corrected chi connectivity index (χ0v) is 13.6. The fourth-order valence-corrected chi connectivity index (χ4v) is 2.33. The topological polar surface area (TPSA) is 24.5 Å². The number of hydrogen-bond donors (Lipinski definition) is 1. The number of hydrogen-bond acceptors (Lipinski definition) is 3. The van der Waals surface area contributed by atoms with E-state index in [1.54, 1.807) is 0 Å². The molecule has 1 aliphatic rings. The molecule has 0 radical (unpaired) electrons. The second kappa shape index (κ2) is 7.62. The number of ether oxygens (including phenoxy) is 1. The van der Waals surface area contributed by atoms with Gasteiger partial charge in [-0.3, -0.25) is 4.90 Å². The third-order valence-corrected chi connectivity index (χ3v) is 3.59. The molecular weight excluding hydrogens is 260 g/mol. The minimum Gasteiger partial charge on any atom is -0.492 e. The van der Waals surface area contributed by atoms with Crippen LogP contribution in [0.25, 0.3) is 0 Å². The molecular formula is C18H28N2O. The first kappa shape index (κ1) is 16.1. The van der Waals surface area contributed by atoms with E-state index in [4.69, 9.17) is 4.74 Å². The van der Waals surface area contributed by atoms with E-state index in [1.807, 2.05) is 6.07 Å². The van der Waals surface area contributed by atoms with Crippen LogP contribution in [0.2, 0.25) is 0 Å². The minimum absolute atomic E-state index is 0.118. The third-order valence-electron chi connectivity index (χ3n) is 3.59. The quantitative estimate of drug-likeness (QED) is 0.814. The van der Waals surface area contributed by atoms with Gasteiger partial charge < -0.3 is 10.1 Å². The van der Waals surface area contributed by atoms with Crippen LogP contribution < -0.4 is 10.1 Å². The van der Waals surface area contributed by atoms with Crippen molar-refractivity contribution in [2.75, 3.05) is 26.2 Å². The molecule has 0 spiro atoms. The average Bonchev–Trinajstić information content (AvgIpc) is 2.46. The van der Waals surface area contributed by atoms with Gasteiger partial charge in [-0.1, -0.05) is 30.4 Å². The van der Waals surface area contributed by atoms with Gasteiger partial charge in [0.05, 0.1) is 0 Å². The Kier molecular flexibility index (Phi) is 5.83. The van der Waals surface area contributed by atoms with Gasteiger partial charge in [-0.25, -0.2) is 0 Å². The monoisotopic (exact) mass is 288 g/mol. The summed E-state index contributed by atoms with van der Waals surface area (Å²) in [5.41, 5.74) is 1.35. The molecule has 1 aromatic carbocycles. The lowest BCUT2D eigenvalue weighted by Gasteiger charge is -2.24. The Morgan fingerprint density at radius 1 is 1.19 bits per heavy atom. The summed E-state index contributed by atoms with van der Waals surface area (Å²) in [5, 5.41) is 3.52. The molecule has 0 saturated carbocycles. The van der Waals surface area contributed by atoms with Gasteiger partial charge in [-0.2, -0.15) is 0 Å². The van der Waals surface area contributed by atoms with Crippen LogP contribution in [0, 0.1) is 0 Å². The van der Waals surface area contributed by atoms with E-state index in [9.17, 15) is 0 Å². The molecule has 0 fully saturated rings. The van der Waals surface area contributed by atoms with Crippen LogP contribution in [0.3, 0.4) is 0 Å². The number of nitrogens with zero attached hydrogens (tertiary/aromatic N) is 1. The van der Waals surface area contributed by atoms with Crippen molar-refractivity contribution in [3.05, 3.63) is 42.0 Å². The number of para-hydroxylation sites is 1. The van der Waals surface area contributed by atoms with E-state index in [0.29, 0.717) is 0 Å². The Morgan fingerprint density at radius 2 is 2.00 bits per heavy atom. The Labute approximate surface area is 129 Å². The predicted octanol–water partition coefficient (Wildman–Crippen LogP) is 3.22. The van der Waals surface area contributed by atoms with Crippen molar-refractivity contribution in [3.63, 3.8) is 0 Å². The van der Waals surface area contributed by atoms with E-state index < -0.39 is 0 Å². The summed E-state index contributed by atoms with van der Waals surface area (Å²) in [6.45, 7) is 11.3. The molecule has 1 N–H and O–H groups in total. The van der Waals surface area contributed by atoms with E-state index in [-0.39, 0.29) is 5.54 Å². The van der Waals surface area contributed by atoms with Gasteiger partial charge >= 0.3 is 0 Å². The summed E-state index contributed by atoms with van der Waals surface area (Å²) in [5.74, 6) is 1.00. The van der Waals surface area contributed by atoms with Crippen molar-refractivity contribution in [3.8, 4) is 5.75 Å². The summed E-state index contributed by atoms with van der Waals surface area (Å²) >= 11 is 0. The molecule has 1 heterocycles. The molecule has 3 heteroatoms. The van der Waals surface area contributed by atoms with E-state index in [1.165, 1.54) is 5.56 Å². The summed E-state index contributed by atoms with van der Waals surface area (Å²) in [6, 6.07) is 8.31. The van der Waals surface area contributed by atoms with Crippen molar-refractivity contribution in [2.45, 2.75) is 39.3 Å². The number of nitrogens with one attached hydrogen (secondary N) is 1. The molecule has 0 aliphatic carbocycles. The van der Waals surface area contributed by atoms with Crippen LogP contribution >= 0.6 is 0 Å². The van der Waals surface area contributed by atoms with Gasteiger partial charge in [0.25, 0.3) is 0 Å². The van der Waals surface area contributed by atoms with Crippen LogP contribution in [-0.2, 0) is 6.54 Å². The van der Waals surface area contributed by atoms with Crippen LogP contribution in [0.5, 0.6) is 5.75 Å². The lowest BCUT2D eigenvalue weighted by molar-refractivity contribution is 0.219. The van der Waals surface area contributed by atoms with Gasteiger partial charge in [0.2, 0.25) is 0 Å². The SMILES string of the molecule is CC(C)(C)NCc1ccccc1OCCN1CC=CCC1. The van der Waals surface area contributed by atoms with Gasteiger partial charge in [-0.15, -0.1) is 0 Å². The second-order valence-corrected chi connectivity index (χ2v) is 6.62. The lowest BCUT2D eigenvalue weighted by atomic mass is 10.1. The molecule has 0 unspecified atom stereocenters. The lowest BCUT2D eigenvalue weighted by Crippen LogP contribution is -2.35. The number of benzene rings is 1. The van der Waals surface area contributed by atoms with Crippen molar-refractivity contribution in [1.82, 2.24) is 10.2 Å². The van der Waals surface area contributed by atoms with Crippen LogP contribution in [0.4, 0.5) is 0 Å². The highest BCUT2D eigenvalue weighted by atomic mass is 16.5. The number of rotatable bonds is 6. The van der Waals surface area contributed by atoms with Crippen LogP contribution in [0.15, 0.2) is 36.4 Å². The molecule has 0 bridgehead atoms. The normalized spacial score (nSPS) is 16.1. The summed E-state index contributed by atoms with van der Waals surface area (Å²) in [4.78, 5) is 2.43. The molecule has 21 heavy (non-hydrogen) atoms. The first-order valence-electron chi connectivity index (χ1n) is 7.88. The fraction of sp³-hybridized carbons (Fsp3) is 0.556. The standard InChI is InChI=1S/C18H28N2O/c1-18(2,3)19-15-16-9-5-6-10-17(16)21-14-13-20-11-7-4-8-12-20/h4-7,9-10,19H,8,11-15H2,1-3H3. The van der Waals surface area contributed by atoms with Crippen LogP contribution in [0.1, 0.15) is 32.8 Å². The molecule has 116 valence electrons. The third kappa shape index (κ3) is 5.90. The Balaban J connectivity index is 1.83. The Bertz CT molecular complexity index is 463. The summed E-state index contributed by atoms with van der Waals surface area (Å²) in [6.07, 6.45) is 5.65.